The Morgan fingerprint density at radius 1 is 1.29 bits per heavy atom. The molecule has 1 heterocycles. The van der Waals surface area contributed by atoms with Crippen LogP contribution >= 0.6 is 11.3 Å². The number of aliphatic hydroxyl groups is 1. The third kappa shape index (κ3) is 4.56. The van der Waals surface area contributed by atoms with Crippen LogP contribution in [0.2, 0.25) is 0 Å². The lowest BCUT2D eigenvalue weighted by Crippen LogP contribution is -2.43. The molecule has 1 aromatic heterocycles. The van der Waals surface area contributed by atoms with Crippen LogP contribution in [0.25, 0.3) is 0 Å². The van der Waals surface area contributed by atoms with Gasteiger partial charge in [-0.15, -0.1) is 0 Å². The summed E-state index contributed by atoms with van der Waals surface area (Å²) in [6, 6.07) is 7.69. The van der Waals surface area contributed by atoms with Crippen molar-refractivity contribution in [2.45, 2.75) is 18.6 Å². The summed E-state index contributed by atoms with van der Waals surface area (Å²) in [5.41, 5.74) is 7.49. The number of thiophene rings is 1. The molecular weight excluding hydrogens is 288 g/mol. The van der Waals surface area contributed by atoms with Gasteiger partial charge in [-0.25, -0.2) is 0 Å². The summed E-state index contributed by atoms with van der Waals surface area (Å²) < 4.78 is 0. The van der Waals surface area contributed by atoms with Gasteiger partial charge in [0.2, 0.25) is 5.91 Å². The van der Waals surface area contributed by atoms with Crippen LogP contribution in [0, 0.1) is 0 Å². The van der Waals surface area contributed by atoms with Gasteiger partial charge in [0.15, 0.2) is 0 Å². The van der Waals surface area contributed by atoms with E-state index < -0.39 is 12.1 Å². The molecule has 2 atom stereocenters. The van der Waals surface area contributed by atoms with Crippen molar-refractivity contribution in [2.24, 2.45) is 5.73 Å². The predicted octanol–water partition coefficient (Wildman–Crippen LogP) is 1.17. The molecular formula is C15H18N2O3S. The molecule has 0 aliphatic carbocycles. The van der Waals surface area contributed by atoms with E-state index in [4.69, 9.17) is 5.73 Å². The minimum atomic E-state index is -0.721. The number of hydrogen-bond donors (Lipinski definition) is 4. The zero-order valence-electron chi connectivity index (χ0n) is 11.4. The first-order valence-corrected chi connectivity index (χ1v) is 7.52. The van der Waals surface area contributed by atoms with Crippen molar-refractivity contribution in [3.05, 3.63) is 52.2 Å². The molecule has 1 unspecified atom stereocenters. The van der Waals surface area contributed by atoms with E-state index in [0.29, 0.717) is 6.42 Å². The number of phenolic OH excluding ortho intramolecular Hbond substituents is 1. The summed E-state index contributed by atoms with van der Waals surface area (Å²) in [5.74, 6) is -0.131. The topological polar surface area (TPSA) is 95.6 Å². The highest BCUT2D eigenvalue weighted by Crippen LogP contribution is 2.15. The van der Waals surface area contributed by atoms with Crippen LogP contribution in [0.5, 0.6) is 5.75 Å². The molecule has 0 bridgehead atoms. The van der Waals surface area contributed by atoms with Gasteiger partial charge in [-0.05, 0) is 46.5 Å². The van der Waals surface area contributed by atoms with Gasteiger partial charge in [0, 0.05) is 6.54 Å². The summed E-state index contributed by atoms with van der Waals surface area (Å²) in [5, 5.41) is 25.4. The SMILES string of the molecule is N[C@@H](Cc1ccc(O)cc1)C(=O)NCC(O)c1ccsc1. The molecule has 0 saturated heterocycles. The molecule has 0 aliphatic heterocycles. The number of aromatic hydroxyl groups is 1. The standard InChI is InChI=1S/C15H18N2O3S/c16-13(7-10-1-3-12(18)4-2-10)15(20)17-8-14(19)11-5-6-21-9-11/h1-6,9,13-14,18-19H,7-8,16H2,(H,17,20)/t13-,14?/m0/s1. The summed E-state index contributed by atoms with van der Waals surface area (Å²) in [4.78, 5) is 11.9. The first kappa shape index (κ1) is 15.5. The van der Waals surface area contributed by atoms with E-state index in [1.54, 1.807) is 24.3 Å². The second-order valence-electron chi connectivity index (χ2n) is 4.79. The third-order valence-corrected chi connectivity index (χ3v) is 3.83. The van der Waals surface area contributed by atoms with Crippen molar-refractivity contribution in [3.8, 4) is 5.75 Å². The third-order valence-electron chi connectivity index (χ3n) is 3.13. The van der Waals surface area contributed by atoms with Gasteiger partial charge in [-0.2, -0.15) is 11.3 Å². The lowest BCUT2D eigenvalue weighted by molar-refractivity contribution is -0.122. The van der Waals surface area contributed by atoms with Crippen molar-refractivity contribution in [1.29, 1.82) is 0 Å². The molecule has 2 rings (SSSR count). The van der Waals surface area contributed by atoms with Gasteiger partial charge in [0.05, 0.1) is 12.1 Å². The molecule has 0 saturated carbocycles. The number of carbonyl (C=O) groups is 1. The largest absolute Gasteiger partial charge is 0.508 e. The fourth-order valence-electron chi connectivity index (χ4n) is 1.89. The summed E-state index contributed by atoms with van der Waals surface area (Å²) >= 11 is 1.49. The quantitative estimate of drug-likeness (QED) is 0.644. The maximum Gasteiger partial charge on any atom is 0.237 e. The molecule has 5 nitrogen and oxygen atoms in total. The van der Waals surface area contributed by atoms with Crippen LogP contribution in [0.1, 0.15) is 17.2 Å². The lowest BCUT2D eigenvalue weighted by atomic mass is 10.1. The number of phenols is 1. The monoisotopic (exact) mass is 306 g/mol. The Morgan fingerprint density at radius 3 is 2.62 bits per heavy atom. The smallest absolute Gasteiger partial charge is 0.237 e. The lowest BCUT2D eigenvalue weighted by Gasteiger charge is -2.15. The Hall–Kier alpha value is -1.89. The summed E-state index contributed by atoms with van der Waals surface area (Å²) in [6.07, 6.45) is -0.346. The molecule has 6 heteroatoms. The molecule has 2 aromatic rings. The Bertz CT molecular complexity index is 569. The number of rotatable bonds is 6. The van der Waals surface area contributed by atoms with Gasteiger partial charge in [0.1, 0.15) is 5.75 Å². The number of carbonyl (C=O) groups excluding carboxylic acids is 1. The highest BCUT2D eigenvalue weighted by atomic mass is 32.1. The average molecular weight is 306 g/mol. The molecule has 0 spiro atoms. The fraction of sp³-hybridized carbons (Fsp3) is 0.267. The van der Waals surface area contributed by atoms with Gasteiger partial charge in [-0.1, -0.05) is 12.1 Å². The number of hydrogen-bond acceptors (Lipinski definition) is 5. The molecule has 21 heavy (non-hydrogen) atoms. The van der Waals surface area contributed by atoms with Gasteiger partial charge >= 0.3 is 0 Å². The zero-order valence-corrected chi connectivity index (χ0v) is 12.2. The van der Waals surface area contributed by atoms with Crippen molar-refractivity contribution >= 4 is 17.2 Å². The van der Waals surface area contributed by atoms with Crippen LogP contribution in [0.4, 0.5) is 0 Å². The maximum absolute atomic E-state index is 11.9. The van der Waals surface area contributed by atoms with Gasteiger partial charge in [0.25, 0.3) is 0 Å². The highest BCUT2D eigenvalue weighted by Gasteiger charge is 2.16. The second-order valence-corrected chi connectivity index (χ2v) is 5.57. The van der Waals surface area contributed by atoms with Gasteiger partial charge < -0.3 is 21.3 Å². The van der Waals surface area contributed by atoms with E-state index in [2.05, 4.69) is 5.32 Å². The van der Waals surface area contributed by atoms with Crippen molar-refractivity contribution < 1.29 is 15.0 Å². The maximum atomic E-state index is 11.9. The zero-order chi connectivity index (χ0) is 15.2. The number of nitrogens with one attached hydrogen (secondary N) is 1. The van der Waals surface area contributed by atoms with Gasteiger partial charge in [-0.3, -0.25) is 4.79 Å². The van der Waals surface area contributed by atoms with E-state index in [1.165, 1.54) is 11.3 Å². The minimum Gasteiger partial charge on any atom is -0.508 e. The van der Waals surface area contributed by atoms with E-state index in [9.17, 15) is 15.0 Å². The first-order chi connectivity index (χ1) is 10.1. The number of aliphatic hydroxyl groups excluding tert-OH is 1. The highest BCUT2D eigenvalue weighted by molar-refractivity contribution is 7.07. The van der Waals surface area contributed by atoms with Crippen LogP contribution in [0.15, 0.2) is 41.1 Å². The molecule has 0 aliphatic rings. The Morgan fingerprint density at radius 2 is 2.00 bits per heavy atom. The normalized spacial score (nSPS) is 13.6. The van der Waals surface area contributed by atoms with Crippen LogP contribution in [-0.2, 0) is 11.2 Å². The summed E-state index contributed by atoms with van der Waals surface area (Å²) in [6.45, 7) is 0.138. The van der Waals surface area contributed by atoms with E-state index in [-0.39, 0.29) is 18.2 Å². The predicted molar refractivity (Wildman–Crippen MR) is 82.1 cm³/mol. The first-order valence-electron chi connectivity index (χ1n) is 6.57. The molecule has 1 amide bonds. The van der Waals surface area contributed by atoms with Crippen molar-refractivity contribution in [2.75, 3.05) is 6.54 Å². The second kappa shape index (κ2) is 7.21. The number of nitrogens with two attached hydrogens (primary N) is 1. The van der Waals surface area contributed by atoms with E-state index in [1.807, 2.05) is 16.8 Å². The number of amides is 1. The molecule has 0 fully saturated rings. The Balaban J connectivity index is 1.81. The molecule has 5 N–H and O–H groups in total. The molecule has 1 aromatic carbocycles. The fourth-order valence-corrected chi connectivity index (χ4v) is 2.60. The molecule has 0 radical (unpaired) electrons. The van der Waals surface area contributed by atoms with Crippen LogP contribution in [-0.4, -0.2) is 28.7 Å². The van der Waals surface area contributed by atoms with Crippen molar-refractivity contribution in [1.82, 2.24) is 5.32 Å². The Labute approximate surface area is 127 Å². The Kier molecular flexibility index (Phi) is 5.32. The number of benzene rings is 1. The average Bonchev–Trinajstić information content (AvgIpc) is 3.01. The van der Waals surface area contributed by atoms with Crippen LogP contribution < -0.4 is 11.1 Å². The van der Waals surface area contributed by atoms with Crippen molar-refractivity contribution in [3.63, 3.8) is 0 Å². The van der Waals surface area contributed by atoms with Crippen LogP contribution in [0.3, 0.4) is 0 Å². The minimum absolute atomic E-state index is 0.138. The van der Waals surface area contributed by atoms with E-state index >= 15 is 0 Å². The van der Waals surface area contributed by atoms with E-state index in [0.717, 1.165) is 11.1 Å². The summed E-state index contributed by atoms with van der Waals surface area (Å²) in [7, 11) is 0. The molecule has 112 valence electrons.